The fourth-order valence-electron chi connectivity index (χ4n) is 29.7. The highest BCUT2D eigenvalue weighted by Gasteiger charge is 2.70. The number of hydrogen-bond donors (Lipinski definition) is 0. The molecule has 0 radical (unpaired) electrons. The molecule has 0 bridgehead atoms. The van der Waals surface area contributed by atoms with E-state index in [2.05, 4.69) is 159 Å². The Kier molecular flexibility index (Phi) is 29.5. The fourth-order valence-corrected chi connectivity index (χ4v) is 29.7. The highest BCUT2D eigenvalue weighted by molar-refractivity contribution is 14.0. The van der Waals surface area contributed by atoms with Crippen molar-refractivity contribution in [3.8, 4) is 65.8 Å². The predicted octanol–water partition coefficient (Wildman–Crippen LogP) is 25.7. The minimum atomic E-state index is -0.696. The Labute approximate surface area is 751 Å². The number of carbonyl (C=O) groups excluding carboxylic acids is 5. The number of nitrogens with zero attached hydrogens (tertiary/aromatic N) is 2. The van der Waals surface area contributed by atoms with Crippen molar-refractivity contribution in [3.63, 3.8) is 0 Å². The summed E-state index contributed by atoms with van der Waals surface area (Å²) in [5.74, 6) is 31.6. The average molecular weight is 1760 g/mol. The van der Waals surface area contributed by atoms with Gasteiger partial charge in [-0.1, -0.05) is 187 Å². The zero-order valence-corrected chi connectivity index (χ0v) is 77.1. The number of allylic oxidation sites excluding steroid dienone is 14. The Bertz CT molecular complexity index is 4710. The summed E-state index contributed by atoms with van der Waals surface area (Å²) in [5, 5.41) is 9.32. The SMILES string of the molecule is C.C.C.C.C#C[C@]12CCCC=C1[C@@]1(C)CCC3(OCCO3)C(C)(C)[C@@H]1CC2.CC#C[C@]12CCC(=O)C=C1[C@@]1(C)CCC(=O)C(C)(C)[C@@H]1CC2.CC#C[C@]12CCCC=C1[C@@]1(C)CCC(=O)C(C)(C)[C@@H]1CC2.CC#C[C@]12CCCC=C1[C@@]1(C)CCC3(OCCO3)C(C)(C)[C@@H]1CC2.I.[C-]#[N+]C1=C[C@]2(C)C3=CC(=O)C(C#N)=C[C@]3(C#CC)CC[C@H]2C(C)(C)C1=O. The van der Waals surface area contributed by atoms with Gasteiger partial charge in [-0.15, -0.1) is 54.1 Å². The summed E-state index contributed by atoms with van der Waals surface area (Å²) >= 11 is 0. The smallest absolute Gasteiger partial charge is 0.226 e. The van der Waals surface area contributed by atoms with Crippen LogP contribution in [0.15, 0.2) is 81.7 Å². The number of nitriles is 1. The normalized spacial score (nSPS) is 38.7. The predicted molar refractivity (Wildman–Crippen MR) is 501 cm³/mol. The molecule has 2 aliphatic heterocycles. The first-order valence-electron chi connectivity index (χ1n) is 44.9. The summed E-state index contributed by atoms with van der Waals surface area (Å²) in [6.45, 7) is 51.6. The van der Waals surface area contributed by atoms with E-state index in [9.17, 15) is 29.2 Å². The first kappa shape index (κ1) is 100. The third kappa shape index (κ3) is 15.5. The van der Waals surface area contributed by atoms with E-state index in [1.807, 2.05) is 53.7 Å². The summed E-state index contributed by atoms with van der Waals surface area (Å²) in [6.07, 6.45) is 51.0. The van der Waals surface area contributed by atoms with Gasteiger partial charge in [-0.25, -0.2) is 4.85 Å². The maximum atomic E-state index is 12.8. The van der Waals surface area contributed by atoms with Gasteiger partial charge in [-0.05, 0) is 279 Å². The van der Waals surface area contributed by atoms with Crippen molar-refractivity contribution in [2.45, 2.75) is 359 Å². The maximum Gasteiger partial charge on any atom is 0.226 e. The molecule has 0 aromatic heterocycles. The summed E-state index contributed by atoms with van der Waals surface area (Å²) in [5.41, 5.74) is 5.43. The second-order valence-corrected chi connectivity index (χ2v) is 42.3. The maximum absolute atomic E-state index is 12.8. The molecule has 0 unspecified atom stereocenters. The van der Waals surface area contributed by atoms with E-state index in [1.165, 1.54) is 95.1 Å². The van der Waals surface area contributed by atoms with Crippen LogP contribution in [-0.4, -0.2) is 66.9 Å². The highest BCUT2D eigenvalue weighted by atomic mass is 127. The van der Waals surface area contributed by atoms with Gasteiger partial charge >= 0.3 is 0 Å². The number of carbonyl (C=O) groups is 5. The Balaban J connectivity index is 0.000000186. The lowest BCUT2D eigenvalue weighted by molar-refractivity contribution is -0.284. The van der Waals surface area contributed by atoms with Crippen molar-refractivity contribution in [2.24, 2.45) is 111 Å². The van der Waals surface area contributed by atoms with Gasteiger partial charge in [0, 0.05) is 64.6 Å². The van der Waals surface area contributed by atoms with Crippen LogP contribution in [0, 0.1) is 188 Å². The van der Waals surface area contributed by atoms with Crippen molar-refractivity contribution in [1.82, 2.24) is 0 Å². The van der Waals surface area contributed by atoms with Gasteiger partial charge in [-0.2, -0.15) is 5.26 Å². The van der Waals surface area contributed by atoms with Gasteiger partial charge < -0.3 is 23.7 Å². The van der Waals surface area contributed by atoms with E-state index in [-0.39, 0.29) is 165 Å². The van der Waals surface area contributed by atoms with Crippen LogP contribution in [-0.2, 0) is 42.9 Å². The first-order chi connectivity index (χ1) is 54.6. The van der Waals surface area contributed by atoms with Gasteiger partial charge in [0.25, 0.3) is 0 Å². The molecule has 0 aromatic carbocycles. The number of rotatable bonds is 0. The molecule has 15 atom stereocenters. The molecule has 0 amide bonds. The zero-order chi connectivity index (χ0) is 84.2. The minimum Gasteiger partial charge on any atom is -0.347 e. The first-order valence-corrected chi connectivity index (χ1v) is 44.9. The number of fused-ring (bicyclic) bond motifs is 15. The number of ketones is 5. The van der Waals surface area contributed by atoms with Crippen molar-refractivity contribution in [2.75, 3.05) is 26.4 Å². The lowest BCUT2D eigenvalue weighted by Gasteiger charge is -2.64. The largest absolute Gasteiger partial charge is 0.347 e. The Morgan fingerprint density at radius 3 is 1.21 bits per heavy atom. The zero-order valence-electron chi connectivity index (χ0n) is 74.8. The molecule has 2 heterocycles. The molecule has 2 saturated heterocycles. The number of halogens is 1. The van der Waals surface area contributed by atoms with E-state index >= 15 is 0 Å². The van der Waals surface area contributed by atoms with Gasteiger partial charge in [0.15, 0.2) is 28.9 Å². The molecule has 2 spiro atoms. The highest BCUT2D eigenvalue weighted by Crippen LogP contribution is 2.73. The van der Waals surface area contributed by atoms with Crippen LogP contribution in [0.4, 0.5) is 0 Å². The third-order valence-electron chi connectivity index (χ3n) is 35.3. The van der Waals surface area contributed by atoms with E-state index in [0.29, 0.717) is 54.5 Å². The van der Waals surface area contributed by atoms with E-state index in [0.717, 1.165) is 115 Å². The van der Waals surface area contributed by atoms with Gasteiger partial charge in [0.2, 0.25) is 5.70 Å². The van der Waals surface area contributed by atoms with Crippen molar-refractivity contribution in [1.29, 1.82) is 5.26 Å². The second-order valence-electron chi connectivity index (χ2n) is 42.3. The Morgan fingerprint density at radius 2 is 0.802 bits per heavy atom. The van der Waals surface area contributed by atoms with E-state index in [1.54, 1.807) is 35.8 Å². The molecule has 121 heavy (non-hydrogen) atoms. The number of terminal acetylenes is 1. The van der Waals surface area contributed by atoms with Crippen LogP contribution in [0.1, 0.15) is 347 Å². The van der Waals surface area contributed by atoms with Gasteiger partial charge in [-0.3, -0.25) is 19.2 Å². The summed E-state index contributed by atoms with van der Waals surface area (Å²) < 4.78 is 24.9. The lowest BCUT2D eigenvalue weighted by Crippen LogP contribution is -2.61. The number of ether oxygens (including phenoxy) is 4. The van der Waals surface area contributed by atoms with Crippen LogP contribution in [0.25, 0.3) is 4.85 Å². The van der Waals surface area contributed by atoms with E-state index in [4.69, 9.17) is 31.9 Å². The Morgan fingerprint density at radius 1 is 0.421 bits per heavy atom. The van der Waals surface area contributed by atoms with Crippen molar-refractivity contribution >= 4 is 52.9 Å². The van der Waals surface area contributed by atoms with Gasteiger partial charge in [0.05, 0.1) is 65.6 Å². The Hall–Kier alpha value is -6.12. The molecule has 660 valence electrons. The lowest BCUT2D eigenvalue weighted by atomic mass is 9.43. The van der Waals surface area contributed by atoms with Crippen LogP contribution < -0.4 is 0 Å². The molecule has 17 aliphatic rings. The molecule has 0 N–H and O–H groups in total. The van der Waals surface area contributed by atoms with Crippen LogP contribution in [0.2, 0.25) is 0 Å². The molecule has 0 aromatic rings. The van der Waals surface area contributed by atoms with Crippen LogP contribution in [0.5, 0.6) is 0 Å². The topological polar surface area (TPSA) is 150 Å². The summed E-state index contributed by atoms with van der Waals surface area (Å²) in [6, 6.07) is 1.98. The minimum absolute atomic E-state index is 0. The van der Waals surface area contributed by atoms with Crippen molar-refractivity contribution < 1.29 is 42.9 Å². The molecular formula is C109H153IN2O9. The van der Waals surface area contributed by atoms with E-state index < -0.39 is 16.2 Å². The molecule has 15 aliphatic carbocycles. The molecular weight excluding hydrogens is 1610 g/mol. The molecule has 11 nitrogen and oxygen atoms in total. The quantitative estimate of drug-likeness (QED) is 0.0992. The average Bonchev–Trinajstić information content (AvgIpc) is 1.66. The van der Waals surface area contributed by atoms with Crippen molar-refractivity contribution in [3.05, 3.63) is 93.1 Å². The monoisotopic (exact) mass is 1760 g/mol. The molecule has 9 saturated carbocycles. The second kappa shape index (κ2) is 35.6. The number of hydrogen-bond acceptors (Lipinski definition) is 10. The number of Topliss-reactive ketones (excluding diaryl/α,β-unsaturated/α-hetero) is 3. The van der Waals surface area contributed by atoms with Gasteiger partial charge in [0.1, 0.15) is 17.6 Å². The molecule has 17 rings (SSSR count). The summed E-state index contributed by atoms with van der Waals surface area (Å²) in [7, 11) is 0. The summed E-state index contributed by atoms with van der Waals surface area (Å²) in [4.78, 5) is 65.6. The fraction of sp³-hybridized carbons (Fsp3) is 0.716. The standard InChI is InChI=1S/C22H20N2O2.C22H32O2.C21H30O2.C20H26O2.C20H28O.4CH4.HI/c1-6-8-22-9-7-17-20(2,3)19(26)15(24-5)12-21(17,4)18(22)10-16(25)14(11-22)13-23;1-5-10-21-11-7-6-8-18(21)20(4)13-14-22(23-15-16-24-22)19(2,3)17(20)9-12-21;1-5-20-10-7-6-8-17(20)19(4)12-13-21(22-14-15-23-21)18(2,3)16(19)9-11-20;1-5-9-20-11-6-14(21)13-16(20)19(4)10-8-17(22)18(2,3)15(19)7-12-20;1-5-11-20-12-7-6-8-16(20)19(4)13-10-17(21)18(2,3)15(19)9-14-20;;;;;/h10-12,17H,7,9H2,1-4H3;8,17H,6-7,9,11-16H2,1-4H3;1,8,16H,6-7,9-15H2,2-4H3;13,15H,6-8,10-12H2,1-4H3;8,15H,6-7,9-10,12-14H2,1-4H3;4*1H4;1H/t17-,21-,22-;17-,20-,21+;16-,19-,20+;2*15-,19-,20+;;;;;/m00000...../s1. The van der Waals surface area contributed by atoms with Crippen LogP contribution in [0.3, 0.4) is 0 Å². The molecule has 12 heteroatoms. The third-order valence-corrected chi connectivity index (χ3v) is 35.3. The molecule has 11 fully saturated rings. The van der Waals surface area contributed by atoms with Crippen LogP contribution >= 0.6 is 24.0 Å².